The molecule has 2 aliphatic heterocycles. The van der Waals surface area contributed by atoms with Gasteiger partial charge in [0.1, 0.15) is 5.92 Å². The number of rotatable bonds is 2. The van der Waals surface area contributed by atoms with Crippen molar-refractivity contribution in [1.82, 2.24) is 4.90 Å². The topological polar surface area (TPSA) is 40.6 Å². The number of fused-ring (bicyclic) bond motifs is 1. The van der Waals surface area contributed by atoms with Crippen molar-refractivity contribution in [2.75, 3.05) is 36.0 Å². The molecule has 1 atom stereocenters. The molecular formula is C18H22N2O2S. The van der Waals surface area contributed by atoms with Crippen molar-refractivity contribution in [3.63, 3.8) is 0 Å². The van der Waals surface area contributed by atoms with E-state index in [0.29, 0.717) is 13.0 Å². The predicted molar refractivity (Wildman–Crippen MR) is 92.8 cm³/mol. The van der Waals surface area contributed by atoms with Crippen LogP contribution < -0.4 is 4.90 Å². The standard InChI is InChI=1S/C18H22N2O2S/c21-17(19-8-10-23-11-9-19)16-6-7-20(18(16)22)15-5-4-13-2-1-3-14(13)12-15/h4-5,12,16H,1-3,6-11H2/t16-/m1/s1. The first-order valence-electron chi connectivity index (χ1n) is 8.54. The quantitative estimate of drug-likeness (QED) is 0.780. The van der Waals surface area contributed by atoms with Crippen molar-refractivity contribution < 1.29 is 9.59 Å². The van der Waals surface area contributed by atoms with Crippen LogP contribution in [-0.4, -0.2) is 47.9 Å². The van der Waals surface area contributed by atoms with Gasteiger partial charge in [0.25, 0.3) is 0 Å². The van der Waals surface area contributed by atoms with Crippen molar-refractivity contribution in [2.45, 2.75) is 25.7 Å². The van der Waals surface area contributed by atoms with Gasteiger partial charge in [0.05, 0.1) is 0 Å². The number of aryl methyl sites for hydroxylation is 2. The lowest BCUT2D eigenvalue weighted by Crippen LogP contribution is -2.44. The first-order valence-corrected chi connectivity index (χ1v) is 9.69. The number of hydrogen-bond donors (Lipinski definition) is 0. The van der Waals surface area contributed by atoms with Gasteiger partial charge in [-0.25, -0.2) is 0 Å². The second-order valence-corrected chi connectivity index (χ2v) is 7.80. The van der Waals surface area contributed by atoms with E-state index in [9.17, 15) is 9.59 Å². The average molecular weight is 330 g/mol. The van der Waals surface area contributed by atoms with E-state index >= 15 is 0 Å². The molecule has 2 saturated heterocycles. The van der Waals surface area contributed by atoms with Crippen molar-refractivity contribution in [1.29, 1.82) is 0 Å². The molecule has 1 aliphatic carbocycles. The molecule has 0 radical (unpaired) electrons. The minimum atomic E-state index is -0.466. The van der Waals surface area contributed by atoms with Gasteiger partial charge >= 0.3 is 0 Å². The number of carbonyl (C=O) groups is 2. The highest BCUT2D eigenvalue weighted by atomic mass is 32.2. The molecule has 2 amide bonds. The van der Waals surface area contributed by atoms with Gasteiger partial charge in [-0.15, -0.1) is 0 Å². The number of thioether (sulfide) groups is 1. The maximum Gasteiger partial charge on any atom is 0.239 e. The van der Waals surface area contributed by atoms with Crippen LogP contribution in [0.25, 0.3) is 0 Å². The van der Waals surface area contributed by atoms with Crippen LogP contribution >= 0.6 is 11.8 Å². The van der Waals surface area contributed by atoms with Crippen LogP contribution in [0.2, 0.25) is 0 Å². The number of nitrogens with zero attached hydrogens (tertiary/aromatic N) is 2. The fourth-order valence-corrected chi connectivity index (χ4v) is 4.80. The Morgan fingerprint density at radius 1 is 1.09 bits per heavy atom. The SMILES string of the molecule is O=C([C@H]1CCN(c2ccc3c(c2)CCC3)C1=O)N1CCSCC1. The lowest BCUT2D eigenvalue weighted by molar-refractivity contribution is -0.139. The van der Waals surface area contributed by atoms with Crippen LogP contribution in [0, 0.1) is 5.92 Å². The first-order chi connectivity index (χ1) is 11.2. The zero-order valence-corrected chi connectivity index (χ0v) is 14.1. The van der Waals surface area contributed by atoms with E-state index in [2.05, 4.69) is 12.1 Å². The number of carbonyl (C=O) groups excluding carboxylic acids is 2. The summed E-state index contributed by atoms with van der Waals surface area (Å²) in [5.41, 5.74) is 3.76. The molecule has 122 valence electrons. The van der Waals surface area contributed by atoms with Gasteiger partial charge in [-0.1, -0.05) is 6.07 Å². The highest BCUT2D eigenvalue weighted by Crippen LogP contribution is 2.31. The van der Waals surface area contributed by atoms with Crippen LogP contribution in [0.4, 0.5) is 5.69 Å². The van der Waals surface area contributed by atoms with Gasteiger partial charge in [0, 0.05) is 36.8 Å². The van der Waals surface area contributed by atoms with Crippen molar-refractivity contribution in [2.24, 2.45) is 5.92 Å². The third-order valence-electron chi connectivity index (χ3n) is 5.22. The number of hydrogen-bond acceptors (Lipinski definition) is 3. The van der Waals surface area contributed by atoms with Crippen molar-refractivity contribution in [3.8, 4) is 0 Å². The maximum atomic E-state index is 12.8. The van der Waals surface area contributed by atoms with Gasteiger partial charge < -0.3 is 9.80 Å². The van der Waals surface area contributed by atoms with Gasteiger partial charge in [-0.3, -0.25) is 9.59 Å². The molecule has 1 aromatic carbocycles. The van der Waals surface area contributed by atoms with Crippen LogP contribution in [0.3, 0.4) is 0 Å². The Bertz CT molecular complexity index is 640. The van der Waals surface area contributed by atoms with E-state index in [1.807, 2.05) is 27.6 Å². The largest absolute Gasteiger partial charge is 0.340 e. The Hall–Kier alpha value is -1.49. The molecule has 0 spiro atoms. The molecule has 2 fully saturated rings. The van der Waals surface area contributed by atoms with E-state index in [1.54, 1.807) is 0 Å². The molecule has 3 aliphatic rings. The summed E-state index contributed by atoms with van der Waals surface area (Å²) < 4.78 is 0. The highest BCUT2D eigenvalue weighted by Gasteiger charge is 2.40. The molecule has 0 aromatic heterocycles. The van der Waals surface area contributed by atoms with Crippen LogP contribution in [-0.2, 0) is 22.4 Å². The van der Waals surface area contributed by atoms with Gasteiger partial charge in [-0.2, -0.15) is 11.8 Å². The fraction of sp³-hybridized carbons (Fsp3) is 0.556. The second-order valence-electron chi connectivity index (χ2n) is 6.58. The maximum absolute atomic E-state index is 12.8. The van der Waals surface area contributed by atoms with Crippen LogP contribution in [0.1, 0.15) is 24.0 Å². The molecule has 5 heteroatoms. The average Bonchev–Trinajstić information content (AvgIpc) is 3.20. The van der Waals surface area contributed by atoms with E-state index in [-0.39, 0.29) is 11.8 Å². The smallest absolute Gasteiger partial charge is 0.239 e. The molecule has 2 heterocycles. The Balaban J connectivity index is 1.50. The molecule has 4 nitrogen and oxygen atoms in total. The van der Waals surface area contributed by atoms with Gasteiger partial charge in [0.15, 0.2) is 0 Å². The molecule has 4 rings (SSSR count). The summed E-state index contributed by atoms with van der Waals surface area (Å²) >= 11 is 1.88. The summed E-state index contributed by atoms with van der Waals surface area (Å²) in [5.74, 6) is 1.54. The van der Waals surface area contributed by atoms with Gasteiger partial charge in [-0.05, 0) is 48.9 Å². The summed E-state index contributed by atoms with van der Waals surface area (Å²) in [6.07, 6.45) is 4.12. The van der Waals surface area contributed by atoms with E-state index < -0.39 is 5.92 Å². The highest BCUT2D eigenvalue weighted by molar-refractivity contribution is 7.99. The normalized spacial score (nSPS) is 24.2. The molecule has 1 aromatic rings. The molecule has 0 N–H and O–H groups in total. The summed E-state index contributed by atoms with van der Waals surface area (Å²) in [5, 5.41) is 0. The lowest BCUT2D eigenvalue weighted by Gasteiger charge is -2.28. The zero-order chi connectivity index (χ0) is 15.8. The summed E-state index contributed by atoms with van der Waals surface area (Å²) in [4.78, 5) is 29.1. The number of anilines is 1. The second kappa shape index (κ2) is 6.19. The number of benzene rings is 1. The first kappa shape index (κ1) is 15.1. The minimum Gasteiger partial charge on any atom is -0.340 e. The number of amides is 2. The van der Waals surface area contributed by atoms with E-state index in [1.165, 1.54) is 17.5 Å². The third-order valence-corrected chi connectivity index (χ3v) is 6.16. The fourth-order valence-electron chi connectivity index (χ4n) is 3.90. The molecule has 0 unspecified atom stereocenters. The summed E-state index contributed by atoms with van der Waals surface area (Å²) in [7, 11) is 0. The monoisotopic (exact) mass is 330 g/mol. The van der Waals surface area contributed by atoms with Crippen molar-refractivity contribution >= 4 is 29.3 Å². The minimum absolute atomic E-state index is 0.00817. The van der Waals surface area contributed by atoms with Gasteiger partial charge in [0.2, 0.25) is 11.8 Å². The van der Waals surface area contributed by atoms with Crippen LogP contribution in [0.15, 0.2) is 18.2 Å². The summed E-state index contributed by atoms with van der Waals surface area (Å²) in [6.45, 7) is 2.23. The van der Waals surface area contributed by atoms with E-state index in [0.717, 1.165) is 43.1 Å². The Morgan fingerprint density at radius 3 is 2.70 bits per heavy atom. The van der Waals surface area contributed by atoms with Crippen molar-refractivity contribution in [3.05, 3.63) is 29.3 Å². The zero-order valence-electron chi connectivity index (χ0n) is 13.3. The molecule has 0 saturated carbocycles. The predicted octanol–water partition coefficient (Wildman–Crippen LogP) is 2.10. The van der Waals surface area contributed by atoms with Crippen LogP contribution in [0.5, 0.6) is 0 Å². The lowest BCUT2D eigenvalue weighted by atomic mass is 10.1. The summed E-state index contributed by atoms with van der Waals surface area (Å²) in [6, 6.07) is 6.36. The Labute approximate surface area is 141 Å². The molecular weight excluding hydrogens is 308 g/mol. The Morgan fingerprint density at radius 2 is 1.87 bits per heavy atom. The molecule has 23 heavy (non-hydrogen) atoms. The molecule has 0 bridgehead atoms. The Kier molecular flexibility index (Phi) is 4.05. The third kappa shape index (κ3) is 2.75. The van der Waals surface area contributed by atoms with E-state index in [4.69, 9.17) is 0 Å².